The number of aromatic nitrogens is 1. The molecule has 3 heteroatoms. The molecule has 0 saturated carbocycles. The van der Waals surface area contributed by atoms with Gasteiger partial charge in [-0.25, -0.2) is 4.39 Å². The van der Waals surface area contributed by atoms with Crippen LogP contribution in [0.1, 0.15) is 41.7 Å². The number of rotatable bonds is 7. The molecule has 0 aliphatic heterocycles. The Bertz CT molecular complexity index is 1190. The van der Waals surface area contributed by atoms with Crippen molar-refractivity contribution in [1.29, 1.82) is 0 Å². The first-order chi connectivity index (χ1) is 14.6. The zero-order valence-corrected chi connectivity index (χ0v) is 17.6. The van der Waals surface area contributed by atoms with Crippen molar-refractivity contribution < 1.29 is 4.39 Å². The van der Waals surface area contributed by atoms with Crippen LogP contribution in [0.3, 0.4) is 0 Å². The molecular weight excluding hydrogens is 371 g/mol. The first-order valence-electron chi connectivity index (χ1n) is 10.6. The second-order valence-electron chi connectivity index (χ2n) is 7.73. The fraction of sp³-hybridized carbons (Fsp3) is 0.222. The molecule has 4 rings (SSSR count). The number of aliphatic imine (C=N–C) groups is 1. The molecule has 0 aliphatic rings. The van der Waals surface area contributed by atoms with Crippen LogP contribution in [-0.2, 0) is 19.3 Å². The van der Waals surface area contributed by atoms with Gasteiger partial charge in [0.05, 0.1) is 0 Å². The van der Waals surface area contributed by atoms with Gasteiger partial charge in [-0.15, -0.1) is 0 Å². The Hall–Kier alpha value is -3.20. The predicted molar refractivity (Wildman–Crippen MR) is 124 cm³/mol. The maximum absolute atomic E-state index is 14.0. The summed E-state index contributed by atoms with van der Waals surface area (Å²) in [5.41, 5.74) is 7.77. The third-order valence-electron chi connectivity index (χ3n) is 5.67. The Morgan fingerprint density at radius 1 is 0.933 bits per heavy atom. The molecule has 152 valence electrons. The molecule has 2 nitrogen and oxygen atoms in total. The van der Waals surface area contributed by atoms with Crippen LogP contribution < -0.4 is 0 Å². The van der Waals surface area contributed by atoms with Crippen LogP contribution >= 0.6 is 0 Å². The van der Waals surface area contributed by atoms with Gasteiger partial charge in [-0.2, -0.15) is 0 Å². The van der Waals surface area contributed by atoms with E-state index in [1.165, 1.54) is 28.1 Å². The Labute approximate surface area is 177 Å². The van der Waals surface area contributed by atoms with Gasteiger partial charge in [0.1, 0.15) is 5.82 Å². The number of halogens is 1. The quantitative estimate of drug-likeness (QED) is 0.344. The van der Waals surface area contributed by atoms with Crippen LogP contribution in [0.4, 0.5) is 4.39 Å². The summed E-state index contributed by atoms with van der Waals surface area (Å²) in [6.45, 7) is 4.97. The Morgan fingerprint density at radius 2 is 1.80 bits per heavy atom. The van der Waals surface area contributed by atoms with Crippen molar-refractivity contribution in [3.63, 3.8) is 0 Å². The smallest absolute Gasteiger partial charge is 0.126 e. The van der Waals surface area contributed by atoms with Crippen molar-refractivity contribution in [2.45, 2.75) is 33.1 Å². The maximum atomic E-state index is 14.0. The van der Waals surface area contributed by atoms with E-state index in [9.17, 15) is 4.39 Å². The highest BCUT2D eigenvalue weighted by molar-refractivity contribution is 5.98. The largest absolute Gasteiger partial charge is 0.361 e. The number of aromatic amines is 1. The molecule has 0 radical (unpaired) electrons. The van der Waals surface area contributed by atoms with E-state index in [4.69, 9.17) is 4.99 Å². The summed E-state index contributed by atoms with van der Waals surface area (Å²) in [6, 6.07) is 21.8. The Balaban J connectivity index is 1.46. The molecular formula is C27H27FN2. The van der Waals surface area contributed by atoms with Gasteiger partial charge in [0.25, 0.3) is 0 Å². The molecule has 1 aromatic heterocycles. The van der Waals surface area contributed by atoms with Gasteiger partial charge in [0.2, 0.25) is 0 Å². The van der Waals surface area contributed by atoms with Gasteiger partial charge in [0, 0.05) is 35.8 Å². The lowest BCUT2D eigenvalue weighted by atomic mass is 10.0. The minimum absolute atomic E-state index is 0.154. The number of H-pyrrole nitrogens is 1. The molecule has 3 aromatic carbocycles. The third-order valence-corrected chi connectivity index (χ3v) is 5.67. The van der Waals surface area contributed by atoms with E-state index < -0.39 is 0 Å². The molecule has 4 aromatic rings. The van der Waals surface area contributed by atoms with E-state index >= 15 is 0 Å². The van der Waals surface area contributed by atoms with E-state index in [1.54, 1.807) is 6.07 Å². The molecule has 1 N–H and O–H groups in total. The van der Waals surface area contributed by atoms with Gasteiger partial charge in [-0.05, 0) is 71.8 Å². The lowest BCUT2D eigenvalue weighted by Crippen LogP contribution is -2.00. The van der Waals surface area contributed by atoms with Crippen LogP contribution in [0.25, 0.3) is 10.9 Å². The van der Waals surface area contributed by atoms with Gasteiger partial charge in [-0.1, -0.05) is 49.4 Å². The van der Waals surface area contributed by atoms with Crippen molar-refractivity contribution in [3.05, 3.63) is 107 Å². The molecule has 0 atom stereocenters. The first kappa shape index (κ1) is 20.1. The summed E-state index contributed by atoms with van der Waals surface area (Å²) in [6.07, 6.45) is 4.63. The lowest BCUT2D eigenvalue weighted by molar-refractivity contribution is 0.614. The highest BCUT2D eigenvalue weighted by Gasteiger charge is 2.06. The number of fused-ring (bicyclic) bond motifs is 1. The third kappa shape index (κ3) is 4.51. The number of nitrogens with one attached hydrogen (secondary N) is 1. The lowest BCUT2D eigenvalue weighted by Gasteiger charge is -2.07. The summed E-state index contributed by atoms with van der Waals surface area (Å²) >= 11 is 0. The number of aryl methyl sites for hydroxylation is 1. The van der Waals surface area contributed by atoms with Crippen LogP contribution in [-0.4, -0.2) is 17.2 Å². The minimum Gasteiger partial charge on any atom is -0.361 e. The second kappa shape index (κ2) is 9.08. The second-order valence-corrected chi connectivity index (χ2v) is 7.73. The molecule has 30 heavy (non-hydrogen) atoms. The topological polar surface area (TPSA) is 28.1 Å². The summed E-state index contributed by atoms with van der Waals surface area (Å²) in [5.74, 6) is -0.154. The monoisotopic (exact) mass is 398 g/mol. The van der Waals surface area contributed by atoms with Crippen molar-refractivity contribution in [2.24, 2.45) is 4.99 Å². The molecule has 0 saturated heterocycles. The van der Waals surface area contributed by atoms with E-state index in [0.29, 0.717) is 6.42 Å². The molecule has 1 heterocycles. The SMILES string of the molecule is CCc1ccc2[nH]cc(CCN=C(C)c3cccc(Cc4ccccc4F)c3)c2c1. The summed E-state index contributed by atoms with van der Waals surface area (Å²) in [5, 5.41) is 1.30. The fourth-order valence-electron chi connectivity index (χ4n) is 3.86. The zero-order chi connectivity index (χ0) is 20.9. The van der Waals surface area contributed by atoms with Crippen LogP contribution in [0.5, 0.6) is 0 Å². The van der Waals surface area contributed by atoms with E-state index in [1.807, 2.05) is 31.2 Å². The normalized spacial score (nSPS) is 11.9. The number of benzene rings is 3. The van der Waals surface area contributed by atoms with Crippen molar-refractivity contribution >= 4 is 16.6 Å². The Morgan fingerprint density at radius 3 is 2.63 bits per heavy atom. The number of hydrogen-bond acceptors (Lipinski definition) is 1. The van der Waals surface area contributed by atoms with Crippen LogP contribution in [0, 0.1) is 5.82 Å². The maximum Gasteiger partial charge on any atom is 0.126 e. The summed E-state index contributed by atoms with van der Waals surface area (Å²) in [7, 11) is 0. The van der Waals surface area contributed by atoms with Crippen molar-refractivity contribution in [3.8, 4) is 0 Å². The first-order valence-corrected chi connectivity index (χ1v) is 10.6. The van der Waals surface area contributed by atoms with Crippen LogP contribution in [0.15, 0.2) is 77.9 Å². The van der Waals surface area contributed by atoms with Gasteiger partial charge in [-0.3, -0.25) is 4.99 Å². The molecule has 0 amide bonds. The van der Waals surface area contributed by atoms with Gasteiger partial charge < -0.3 is 4.98 Å². The highest BCUT2D eigenvalue weighted by atomic mass is 19.1. The van der Waals surface area contributed by atoms with Gasteiger partial charge >= 0.3 is 0 Å². The summed E-state index contributed by atoms with van der Waals surface area (Å²) in [4.78, 5) is 8.18. The van der Waals surface area contributed by atoms with E-state index in [0.717, 1.165) is 41.8 Å². The standard InChI is InChI=1S/C27H27FN2/c1-3-20-11-12-27-25(17-20)24(18-30-27)13-14-29-19(2)22-9-6-7-21(15-22)16-23-8-4-5-10-26(23)28/h4-12,15,17-18,30H,3,13-14,16H2,1-2H3. The average molecular weight is 399 g/mol. The summed E-state index contributed by atoms with van der Waals surface area (Å²) < 4.78 is 14.0. The fourth-order valence-corrected chi connectivity index (χ4v) is 3.86. The predicted octanol–water partition coefficient (Wildman–Crippen LogP) is 6.51. The van der Waals surface area contributed by atoms with Gasteiger partial charge in [0.15, 0.2) is 0 Å². The molecule has 0 bridgehead atoms. The Kier molecular flexibility index (Phi) is 6.08. The number of hydrogen-bond donors (Lipinski definition) is 1. The molecule has 0 unspecified atom stereocenters. The van der Waals surface area contributed by atoms with E-state index in [2.05, 4.69) is 48.4 Å². The van der Waals surface area contributed by atoms with Crippen molar-refractivity contribution in [1.82, 2.24) is 4.98 Å². The highest BCUT2D eigenvalue weighted by Crippen LogP contribution is 2.21. The average Bonchev–Trinajstić information content (AvgIpc) is 3.17. The molecule has 0 aliphatic carbocycles. The molecule has 0 fully saturated rings. The van der Waals surface area contributed by atoms with E-state index in [-0.39, 0.29) is 5.82 Å². The van der Waals surface area contributed by atoms with Crippen LogP contribution in [0.2, 0.25) is 0 Å². The van der Waals surface area contributed by atoms with Crippen molar-refractivity contribution in [2.75, 3.05) is 6.54 Å². The minimum atomic E-state index is -0.154. The molecule has 0 spiro atoms. The zero-order valence-electron chi connectivity index (χ0n) is 17.6. The number of nitrogens with zero attached hydrogens (tertiary/aromatic N) is 1.